The summed E-state index contributed by atoms with van der Waals surface area (Å²) in [5.74, 6) is 2.27. The zero-order valence-corrected chi connectivity index (χ0v) is 10.3. The van der Waals surface area contributed by atoms with Crippen molar-refractivity contribution < 1.29 is 4.39 Å². The predicted molar refractivity (Wildman–Crippen MR) is 73.1 cm³/mol. The van der Waals surface area contributed by atoms with Crippen LogP contribution in [0.4, 0.5) is 10.1 Å². The van der Waals surface area contributed by atoms with Gasteiger partial charge < -0.3 is 5.32 Å². The monoisotopic (exact) mass is 259 g/mol. The Morgan fingerprint density at radius 3 is 2.83 bits per heavy atom. The van der Waals surface area contributed by atoms with E-state index in [9.17, 15) is 4.39 Å². The maximum atomic E-state index is 13.5. The summed E-state index contributed by atoms with van der Waals surface area (Å²) in [4.78, 5) is 0. The number of hydrogen-bond acceptors (Lipinski definition) is 1. The van der Waals surface area contributed by atoms with Crippen molar-refractivity contribution in [2.75, 3.05) is 5.32 Å². The molecule has 0 aliphatic rings. The molecule has 0 amide bonds. The average Bonchev–Trinajstić information content (AvgIpc) is 2.40. The molecular weight excluding hydrogens is 249 g/mol. The Labute approximate surface area is 111 Å². The highest BCUT2D eigenvalue weighted by molar-refractivity contribution is 6.30. The van der Waals surface area contributed by atoms with E-state index >= 15 is 0 Å². The third kappa shape index (κ3) is 3.03. The minimum absolute atomic E-state index is 0.278. The van der Waals surface area contributed by atoms with Gasteiger partial charge in [-0.15, -0.1) is 6.42 Å². The number of terminal acetylenes is 1. The molecule has 2 aromatic carbocycles. The average molecular weight is 260 g/mol. The summed E-state index contributed by atoms with van der Waals surface area (Å²) in [5, 5.41) is 3.63. The van der Waals surface area contributed by atoms with Crippen LogP contribution in [0.5, 0.6) is 0 Å². The molecule has 2 rings (SSSR count). The zero-order valence-electron chi connectivity index (χ0n) is 9.58. The molecule has 90 valence electrons. The molecule has 3 heteroatoms. The van der Waals surface area contributed by atoms with E-state index in [1.807, 2.05) is 24.3 Å². The summed E-state index contributed by atoms with van der Waals surface area (Å²) in [6.07, 6.45) is 5.31. The first-order valence-electron chi connectivity index (χ1n) is 5.43. The molecule has 0 aromatic heterocycles. The van der Waals surface area contributed by atoms with Crippen molar-refractivity contribution in [1.29, 1.82) is 0 Å². The lowest BCUT2D eigenvalue weighted by Gasteiger charge is -2.08. The first kappa shape index (κ1) is 12.5. The Bertz CT molecular complexity index is 602. The maximum absolute atomic E-state index is 13.5. The zero-order chi connectivity index (χ0) is 13.0. The van der Waals surface area contributed by atoms with Crippen LogP contribution in [0.2, 0.25) is 5.02 Å². The molecule has 0 fully saturated rings. The van der Waals surface area contributed by atoms with Gasteiger partial charge in [0.25, 0.3) is 0 Å². The number of anilines is 1. The van der Waals surface area contributed by atoms with Crippen molar-refractivity contribution in [3.63, 3.8) is 0 Å². The van der Waals surface area contributed by atoms with E-state index in [0.29, 0.717) is 17.1 Å². The molecule has 0 bridgehead atoms. The number of nitrogens with one attached hydrogen (secondary N) is 1. The van der Waals surface area contributed by atoms with Crippen molar-refractivity contribution in [3.05, 3.63) is 64.4 Å². The topological polar surface area (TPSA) is 12.0 Å². The fourth-order valence-corrected chi connectivity index (χ4v) is 1.79. The van der Waals surface area contributed by atoms with Gasteiger partial charge in [-0.05, 0) is 36.4 Å². The Kier molecular flexibility index (Phi) is 3.86. The quantitative estimate of drug-likeness (QED) is 0.820. The van der Waals surface area contributed by atoms with Gasteiger partial charge in [0.2, 0.25) is 0 Å². The normalized spacial score (nSPS) is 9.83. The lowest BCUT2D eigenvalue weighted by molar-refractivity contribution is 0.613. The van der Waals surface area contributed by atoms with Gasteiger partial charge in [-0.3, -0.25) is 0 Å². The van der Waals surface area contributed by atoms with Crippen LogP contribution >= 0.6 is 11.6 Å². The summed E-state index contributed by atoms with van der Waals surface area (Å²) in [5.41, 5.74) is 2.16. The molecule has 18 heavy (non-hydrogen) atoms. The third-order valence-electron chi connectivity index (χ3n) is 2.52. The molecule has 0 spiro atoms. The summed E-state index contributed by atoms with van der Waals surface area (Å²) < 4.78 is 13.5. The van der Waals surface area contributed by atoms with Crippen LogP contribution in [0.15, 0.2) is 42.5 Å². The molecule has 0 heterocycles. The van der Waals surface area contributed by atoms with Crippen LogP contribution in [0.3, 0.4) is 0 Å². The van der Waals surface area contributed by atoms with Gasteiger partial charge in [0, 0.05) is 28.4 Å². The second-order valence-electron chi connectivity index (χ2n) is 3.81. The fourth-order valence-electron chi connectivity index (χ4n) is 1.60. The minimum Gasteiger partial charge on any atom is -0.381 e. The second-order valence-corrected chi connectivity index (χ2v) is 4.25. The van der Waals surface area contributed by atoms with Crippen molar-refractivity contribution in [2.24, 2.45) is 0 Å². The van der Waals surface area contributed by atoms with Gasteiger partial charge in [0.05, 0.1) is 0 Å². The summed E-state index contributed by atoms with van der Waals surface area (Å²) in [6.45, 7) is 0.362. The van der Waals surface area contributed by atoms with Crippen molar-refractivity contribution in [3.8, 4) is 12.3 Å². The molecule has 0 aliphatic carbocycles. The van der Waals surface area contributed by atoms with Gasteiger partial charge in [-0.25, -0.2) is 4.39 Å². The van der Waals surface area contributed by atoms with Crippen LogP contribution in [-0.2, 0) is 6.54 Å². The molecular formula is C15H11ClFN. The van der Waals surface area contributed by atoms with Crippen molar-refractivity contribution in [1.82, 2.24) is 0 Å². The summed E-state index contributed by atoms with van der Waals surface area (Å²) >= 11 is 5.83. The molecule has 0 unspecified atom stereocenters. The molecule has 1 N–H and O–H groups in total. The molecule has 0 radical (unpaired) electrons. The van der Waals surface area contributed by atoms with Crippen LogP contribution < -0.4 is 5.32 Å². The van der Waals surface area contributed by atoms with Gasteiger partial charge in [0.1, 0.15) is 5.82 Å². The van der Waals surface area contributed by atoms with Gasteiger partial charge in [0.15, 0.2) is 0 Å². The van der Waals surface area contributed by atoms with E-state index < -0.39 is 0 Å². The standard InChI is InChI=1S/C15H11ClFN/c1-2-11-4-3-5-14(8-11)18-10-12-9-13(16)6-7-15(12)17/h1,3-9,18H,10H2. The Hall–Kier alpha value is -1.98. The maximum Gasteiger partial charge on any atom is 0.128 e. The lowest BCUT2D eigenvalue weighted by Crippen LogP contribution is -2.01. The third-order valence-corrected chi connectivity index (χ3v) is 2.76. The summed E-state index contributed by atoms with van der Waals surface area (Å²) in [6, 6.07) is 11.9. The Morgan fingerprint density at radius 1 is 1.22 bits per heavy atom. The number of hydrogen-bond donors (Lipinski definition) is 1. The SMILES string of the molecule is C#Cc1cccc(NCc2cc(Cl)ccc2F)c1. The van der Waals surface area contributed by atoms with Crippen LogP contribution in [-0.4, -0.2) is 0 Å². The molecule has 2 aromatic rings. The smallest absolute Gasteiger partial charge is 0.128 e. The van der Waals surface area contributed by atoms with E-state index in [4.69, 9.17) is 18.0 Å². The molecule has 0 saturated carbocycles. The van der Waals surface area contributed by atoms with Crippen molar-refractivity contribution in [2.45, 2.75) is 6.54 Å². The Morgan fingerprint density at radius 2 is 2.06 bits per heavy atom. The van der Waals surface area contributed by atoms with E-state index in [1.165, 1.54) is 12.1 Å². The minimum atomic E-state index is -0.278. The predicted octanol–water partition coefficient (Wildman–Crippen LogP) is 4.07. The fraction of sp³-hybridized carbons (Fsp3) is 0.0667. The molecule has 1 nitrogen and oxygen atoms in total. The van der Waals surface area contributed by atoms with E-state index in [-0.39, 0.29) is 5.82 Å². The molecule has 0 saturated heterocycles. The second kappa shape index (κ2) is 5.57. The van der Waals surface area contributed by atoms with E-state index in [1.54, 1.807) is 6.07 Å². The summed E-state index contributed by atoms with van der Waals surface area (Å²) in [7, 11) is 0. The lowest BCUT2D eigenvalue weighted by atomic mass is 10.2. The van der Waals surface area contributed by atoms with E-state index in [2.05, 4.69) is 11.2 Å². The number of halogens is 2. The van der Waals surface area contributed by atoms with Crippen LogP contribution in [0.25, 0.3) is 0 Å². The van der Waals surface area contributed by atoms with Crippen LogP contribution in [0.1, 0.15) is 11.1 Å². The highest BCUT2D eigenvalue weighted by Crippen LogP contribution is 2.17. The van der Waals surface area contributed by atoms with Crippen LogP contribution in [0, 0.1) is 18.2 Å². The number of rotatable bonds is 3. The van der Waals surface area contributed by atoms with Gasteiger partial charge in [-0.1, -0.05) is 23.6 Å². The molecule has 0 aliphatic heterocycles. The first-order valence-corrected chi connectivity index (χ1v) is 5.81. The largest absolute Gasteiger partial charge is 0.381 e. The van der Waals surface area contributed by atoms with E-state index in [0.717, 1.165) is 11.3 Å². The van der Waals surface area contributed by atoms with Crippen molar-refractivity contribution >= 4 is 17.3 Å². The van der Waals surface area contributed by atoms with Gasteiger partial charge >= 0.3 is 0 Å². The van der Waals surface area contributed by atoms with Gasteiger partial charge in [-0.2, -0.15) is 0 Å². The number of benzene rings is 2. The highest BCUT2D eigenvalue weighted by Gasteiger charge is 2.03. The highest BCUT2D eigenvalue weighted by atomic mass is 35.5. The Balaban J connectivity index is 2.11. The first-order chi connectivity index (χ1) is 8.69. The molecule has 0 atom stereocenters.